The Labute approximate surface area is 196 Å². The van der Waals surface area contributed by atoms with Crippen molar-refractivity contribution >= 4 is 29.6 Å². The van der Waals surface area contributed by atoms with Crippen LogP contribution in [0.25, 0.3) is 0 Å². The number of primary amides is 1. The molecule has 0 aliphatic rings. The number of hydrogen-bond acceptors (Lipinski definition) is 8. The number of amides is 4. The maximum Gasteiger partial charge on any atom is 0.326 e. The smallest absolute Gasteiger partial charge is 0.326 e. The number of aliphatic hydroxyl groups excluding tert-OH is 1. The Bertz CT molecular complexity index is 844. The van der Waals surface area contributed by atoms with E-state index in [2.05, 4.69) is 25.9 Å². The van der Waals surface area contributed by atoms with Crippen molar-refractivity contribution in [2.45, 2.75) is 63.7 Å². The highest BCUT2D eigenvalue weighted by molar-refractivity contribution is 5.94. The number of aromatic amines is 1. The van der Waals surface area contributed by atoms with Gasteiger partial charge in [-0.25, -0.2) is 9.78 Å². The minimum absolute atomic E-state index is 0.113. The molecule has 14 nitrogen and oxygen atoms in total. The van der Waals surface area contributed by atoms with E-state index in [9.17, 15) is 34.2 Å². The van der Waals surface area contributed by atoms with Crippen molar-refractivity contribution < 1.29 is 34.2 Å². The third-order valence-corrected chi connectivity index (χ3v) is 4.78. The number of hydrogen-bond donors (Lipinski definition) is 8. The summed E-state index contributed by atoms with van der Waals surface area (Å²) in [5, 5.41) is 25.9. The van der Waals surface area contributed by atoms with Crippen molar-refractivity contribution in [1.82, 2.24) is 25.9 Å². The van der Waals surface area contributed by atoms with E-state index in [-0.39, 0.29) is 25.2 Å². The van der Waals surface area contributed by atoms with Gasteiger partial charge >= 0.3 is 5.97 Å². The number of aromatic nitrogens is 2. The highest BCUT2D eigenvalue weighted by Crippen LogP contribution is 2.05. The zero-order valence-corrected chi connectivity index (χ0v) is 19.1. The fourth-order valence-electron chi connectivity index (χ4n) is 3.00. The fourth-order valence-corrected chi connectivity index (χ4v) is 3.00. The van der Waals surface area contributed by atoms with E-state index in [1.165, 1.54) is 12.5 Å². The lowest BCUT2D eigenvalue weighted by Gasteiger charge is -2.24. The summed E-state index contributed by atoms with van der Waals surface area (Å²) in [5.41, 5.74) is 11.4. The molecule has 0 aromatic carbocycles. The van der Waals surface area contributed by atoms with Gasteiger partial charge in [0.2, 0.25) is 23.6 Å². The largest absolute Gasteiger partial charge is 0.480 e. The van der Waals surface area contributed by atoms with Gasteiger partial charge in [-0.3, -0.25) is 19.2 Å². The first-order chi connectivity index (χ1) is 15.9. The van der Waals surface area contributed by atoms with Crippen LogP contribution < -0.4 is 27.4 Å². The van der Waals surface area contributed by atoms with Gasteiger partial charge in [0.15, 0.2) is 0 Å². The Balaban J connectivity index is 2.86. The quantitative estimate of drug-likeness (QED) is 0.127. The second kappa shape index (κ2) is 13.9. The third-order valence-electron chi connectivity index (χ3n) is 4.78. The number of nitrogens with one attached hydrogen (secondary N) is 4. The number of carboxylic acids is 1. The molecule has 0 spiro atoms. The van der Waals surface area contributed by atoms with Gasteiger partial charge in [0.25, 0.3) is 0 Å². The van der Waals surface area contributed by atoms with Gasteiger partial charge in [-0.15, -0.1) is 0 Å². The molecule has 4 unspecified atom stereocenters. The molecule has 0 fully saturated rings. The highest BCUT2D eigenvalue weighted by Gasteiger charge is 2.30. The van der Waals surface area contributed by atoms with Crippen molar-refractivity contribution in [2.24, 2.45) is 17.4 Å². The number of imidazole rings is 1. The van der Waals surface area contributed by atoms with Crippen molar-refractivity contribution in [3.8, 4) is 0 Å². The van der Waals surface area contributed by atoms with E-state index in [1.54, 1.807) is 0 Å². The van der Waals surface area contributed by atoms with E-state index >= 15 is 0 Å². The number of carboxylic acid groups (broad SMARTS) is 1. The summed E-state index contributed by atoms with van der Waals surface area (Å²) in [7, 11) is 0. The van der Waals surface area contributed by atoms with Crippen LogP contribution in [0.3, 0.4) is 0 Å². The summed E-state index contributed by atoms with van der Waals surface area (Å²) in [6.45, 7) is 2.88. The zero-order valence-electron chi connectivity index (χ0n) is 19.1. The summed E-state index contributed by atoms with van der Waals surface area (Å²) >= 11 is 0. The zero-order chi connectivity index (χ0) is 25.8. The van der Waals surface area contributed by atoms with Crippen LogP contribution in [0.1, 0.15) is 38.8 Å². The lowest BCUT2D eigenvalue weighted by Crippen LogP contribution is -2.58. The Morgan fingerprint density at radius 2 is 1.62 bits per heavy atom. The fraction of sp³-hybridized carbons (Fsp3) is 0.600. The second-order valence-electron chi connectivity index (χ2n) is 8.23. The molecule has 1 aromatic rings. The molecule has 0 aliphatic carbocycles. The maximum absolute atomic E-state index is 12.7. The predicted octanol–water partition coefficient (Wildman–Crippen LogP) is -2.88. The molecule has 0 aliphatic heterocycles. The molecular formula is C20H33N7O7. The van der Waals surface area contributed by atoms with Crippen LogP contribution in [0.5, 0.6) is 0 Å². The monoisotopic (exact) mass is 483 g/mol. The summed E-state index contributed by atoms with van der Waals surface area (Å²) in [6, 6.07) is -5.05. The molecule has 34 heavy (non-hydrogen) atoms. The standard InChI is InChI=1S/C20H33N7O7/c1-10(2)5-12(21)17(30)25-13(3-4-16(22)29)18(31)27-15(8-28)19(32)26-14(20(33)34)6-11-7-23-9-24-11/h7,9-10,12-15,28H,3-6,8,21H2,1-2H3,(H2,22,29)(H,23,24)(H,25,30)(H,26,32)(H,27,31)(H,33,34). The van der Waals surface area contributed by atoms with Crippen molar-refractivity contribution in [2.75, 3.05) is 6.61 Å². The molecular weight excluding hydrogens is 450 g/mol. The number of rotatable bonds is 15. The van der Waals surface area contributed by atoms with E-state index in [4.69, 9.17) is 11.5 Å². The molecule has 14 heteroatoms. The molecule has 1 heterocycles. The Morgan fingerprint density at radius 1 is 1.03 bits per heavy atom. The second-order valence-corrected chi connectivity index (χ2v) is 8.23. The predicted molar refractivity (Wildman–Crippen MR) is 119 cm³/mol. The van der Waals surface area contributed by atoms with Crippen LogP contribution in [-0.4, -0.2) is 80.6 Å². The lowest BCUT2D eigenvalue weighted by molar-refractivity contribution is -0.142. The minimum atomic E-state index is -1.52. The topological polar surface area (TPSA) is 243 Å². The third kappa shape index (κ3) is 9.95. The maximum atomic E-state index is 12.7. The minimum Gasteiger partial charge on any atom is -0.480 e. The number of carbonyl (C=O) groups is 5. The molecule has 4 atom stereocenters. The molecule has 0 bridgehead atoms. The van der Waals surface area contributed by atoms with Crippen molar-refractivity contribution in [1.29, 1.82) is 0 Å². The number of H-pyrrole nitrogens is 1. The van der Waals surface area contributed by atoms with Crippen molar-refractivity contribution in [3.63, 3.8) is 0 Å². The summed E-state index contributed by atoms with van der Waals surface area (Å²) in [4.78, 5) is 66.8. The molecule has 0 radical (unpaired) electrons. The van der Waals surface area contributed by atoms with Gasteiger partial charge in [-0.1, -0.05) is 13.8 Å². The number of nitrogens with two attached hydrogens (primary N) is 2. The Morgan fingerprint density at radius 3 is 2.12 bits per heavy atom. The summed E-state index contributed by atoms with van der Waals surface area (Å²) in [5.74, 6) is -4.39. The van der Waals surface area contributed by atoms with Gasteiger partial charge in [-0.2, -0.15) is 0 Å². The van der Waals surface area contributed by atoms with Crippen LogP contribution in [0.15, 0.2) is 12.5 Å². The molecule has 1 aromatic heterocycles. The normalized spacial score (nSPS) is 14.5. The molecule has 0 saturated heterocycles. The van der Waals surface area contributed by atoms with Gasteiger partial charge < -0.3 is 42.6 Å². The first-order valence-corrected chi connectivity index (χ1v) is 10.7. The van der Waals surface area contributed by atoms with Crippen LogP contribution >= 0.6 is 0 Å². The molecule has 1 rings (SSSR count). The summed E-state index contributed by atoms with van der Waals surface area (Å²) < 4.78 is 0. The highest BCUT2D eigenvalue weighted by atomic mass is 16.4. The molecule has 10 N–H and O–H groups in total. The van der Waals surface area contributed by atoms with Crippen LogP contribution in [-0.2, 0) is 30.4 Å². The first-order valence-electron chi connectivity index (χ1n) is 10.7. The SMILES string of the molecule is CC(C)CC(N)C(=O)NC(CCC(N)=O)C(=O)NC(CO)C(=O)NC(Cc1cnc[nH]1)C(=O)O. The average molecular weight is 484 g/mol. The Kier molecular flexibility index (Phi) is 11.7. The lowest BCUT2D eigenvalue weighted by atomic mass is 10.0. The number of aliphatic hydroxyl groups is 1. The number of nitrogens with zero attached hydrogens (tertiary/aromatic N) is 1. The van der Waals surface area contributed by atoms with Crippen LogP contribution in [0.2, 0.25) is 0 Å². The van der Waals surface area contributed by atoms with E-state index < -0.39 is 60.4 Å². The molecule has 4 amide bonds. The van der Waals surface area contributed by atoms with Crippen molar-refractivity contribution in [3.05, 3.63) is 18.2 Å². The Hall–Kier alpha value is -3.52. The molecule has 0 saturated carbocycles. The van der Waals surface area contributed by atoms with E-state index in [0.717, 1.165) is 0 Å². The molecule has 190 valence electrons. The van der Waals surface area contributed by atoms with Gasteiger partial charge in [-0.05, 0) is 18.8 Å². The van der Waals surface area contributed by atoms with E-state index in [1.807, 2.05) is 13.8 Å². The number of aliphatic carboxylic acids is 1. The average Bonchev–Trinajstić information content (AvgIpc) is 3.26. The number of carbonyl (C=O) groups excluding carboxylic acids is 4. The van der Waals surface area contributed by atoms with E-state index in [0.29, 0.717) is 12.1 Å². The van der Waals surface area contributed by atoms with Crippen LogP contribution in [0, 0.1) is 5.92 Å². The van der Waals surface area contributed by atoms with Gasteiger partial charge in [0.05, 0.1) is 19.0 Å². The first kappa shape index (κ1) is 28.5. The van der Waals surface area contributed by atoms with Gasteiger partial charge in [0, 0.05) is 24.7 Å². The van der Waals surface area contributed by atoms with Gasteiger partial charge in [0.1, 0.15) is 18.1 Å². The van der Waals surface area contributed by atoms with Crippen LogP contribution in [0.4, 0.5) is 0 Å². The summed E-state index contributed by atoms with van der Waals surface area (Å²) in [6.07, 6.45) is 2.57.